The van der Waals surface area contributed by atoms with E-state index in [9.17, 15) is 4.79 Å². The molecule has 1 aliphatic heterocycles. The standard InChI is InChI=1S/C18H15NO3S2/c1-21-14-8-7-13(10-16-17(20)19-18(23)24-16)9-15(14)22-11-12-5-3-2-4-6-12/h2-10H,11H2,1H3,(H,19,20,23)/b16-10-. The Morgan fingerprint density at radius 2 is 1.96 bits per heavy atom. The molecular weight excluding hydrogens is 342 g/mol. The number of amides is 1. The summed E-state index contributed by atoms with van der Waals surface area (Å²) in [6.45, 7) is 0.441. The molecule has 0 aliphatic carbocycles. The van der Waals surface area contributed by atoms with E-state index in [0.717, 1.165) is 11.1 Å². The van der Waals surface area contributed by atoms with Gasteiger partial charge < -0.3 is 14.8 Å². The van der Waals surface area contributed by atoms with Gasteiger partial charge in [-0.1, -0.05) is 60.4 Å². The summed E-state index contributed by atoms with van der Waals surface area (Å²) in [5.41, 5.74) is 1.92. The second-order valence-electron chi connectivity index (χ2n) is 5.04. The molecule has 1 N–H and O–H groups in total. The molecule has 0 radical (unpaired) electrons. The first-order chi connectivity index (χ1) is 11.7. The lowest BCUT2D eigenvalue weighted by molar-refractivity contribution is -0.115. The van der Waals surface area contributed by atoms with Crippen LogP contribution in [0.15, 0.2) is 53.4 Å². The molecule has 1 amide bonds. The van der Waals surface area contributed by atoms with Crippen LogP contribution in [0, 0.1) is 0 Å². The number of rotatable bonds is 5. The molecule has 1 aliphatic rings. The largest absolute Gasteiger partial charge is 0.493 e. The fraction of sp³-hybridized carbons (Fsp3) is 0.111. The van der Waals surface area contributed by atoms with Crippen LogP contribution in [0.4, 0.5) is 0 Å². The van der Waals surface area contributed by atoms with Crippen LogP contribution < -0.4 is 14.8 Å². The number of thiocarbonyl (C=S) groups is 1. The third kappa shape index (κ3) is 3.96. The van der Waals surface area contributed by atoms with E-state index in [2.05, 4.69) is 5.32 Å². The maximum Gasteiger partial charge on any atom is 0.263 e. The molecule has 0 atom stereocenters. The van der Waals surface area contributed by atoms with E-state index in [-0.39, 0.29) is 5.91 Å². The van der Waals surface area contributed by atoms with Gasteiger partial charge in [0, 0.05) is 0 Å². The average Bonchev–Trinajstić information content (AvgIpc) is 2.91. The number of carbonyl (C=O) groups excluding carboxylic acids is 1. The Morgan fingerprint density at radius 3 is 2.62 bits per heavy atom. The first kappa shape index (κ1) is 16.5. The number of hydrogen-bond donors (Lipinski definition) is 1. The maximum absolute atomic E-state index is 11.8. The first-order valence-electron chi connectivity index (χ1n) is 7.25. The van der Waals surface area contributed by atoms with Crippen molar-refractivity contribution in [2.45, 2.75) is 6.61 Å². The fourth-order valence-electron chi connectivity index (χ4n) is 2.20. The molecule has 4 nitrogen and oxygen atoms in total. The highest BCUT2D eigenvalue weighted by atomic mass is 32.2. The number of carbonyl (C=O) groups is 1. The van der Waals surface area contributed by atoms with Gasteiger partial charge in [0.05, 0.1) is 12.0 Å². The molecule has 1 fully saturated rings. The lowest BCUT2D eigenvalue weighted by Crippen LogP contribution is -2.17. The zero-order valence-corrected chi connectivity index (χ0v) is 14.6. The van der Waals surface area contributed by atoms with Crippen LogP contribution in [-0.2, 0) is 11.4 Å². The highest BCUT2D eigenvalue weighted by Crippen LogP contribution is 2.32. The highest BCUT2D eigenvalue weighted by Gasteiger charge is 2.22. The average molecular weight is 357 g/mol. The summed E-state index contributed by atoms with van der Waals surface area (Å²) in [4.78, 5) is 12.3. The number of hydrogen-bond acceptors (Lipinski definition) is 5. The summed E-state index contributed by atoms with van der Waals surface area (Å²) in [6, 6.07) is 15.4. The van der Waals surface area contributed by atoms with Crippen LogP contribution in [0.3, 0.4) is 0 Å². The number of methoxy groups -OCH3 is 1. The third-order valence-corrected chi connectivity index (χ3v) is 4.53. The monoisotopic (exact) mass is 357 g/mol. The fourth-order valence-corrected chi connectivity index (χ4v) is 3.25. The van der Waals surface area contributed by atoms with Gasteiger partial charge in [0.2, 0.25) is 0 Å². The topological polar surface area (TPSA) is 47.6 Å². The molecule has 0 spiro atoms. The second kappa shape index (κ2) is 7.51. The van der Waals surface area contributed by atoms with Crippen LogP contribution in [0.5, 0.6) is 11.5 Å². The molecular formula is C18H15NO3S2. The van der Waals surface area contributed by atoms with Crippen LogP contribution in [-0.4, -0.2) is 17.3 Å². The number of nitrogens with one attached hydrogen (secondary N) is 1. The van der Waals surface area contributed by atoms with Crippen LogP contribution >= 0.6 is 24.0 Å². The number of benzene rings is 2. The van der Waals surface area contributed by atoms with Gasteiger partial charge in [0.25, 0.3) is 5.91 Å². The van der Waals surface area contributed by atoms with Crippen molar-refractivity contribution in [3.05, 3.63) is 64.6 Å². The Labute approximate surface area is 149 Å². The number of thioether (sulfide) groups is 1. The van der Waals surface area contributed by atoms with Crippen molar-refractivity contribution in [1.29, 1.82) is 0 Å². The highest BCUT2D eigenvalue weighted by molar-refractivity contribution is 8.26. The predicted octanol–water partition coefficient (Wildman–Crippen LogP) is 3.76. The minimum atomic E-state index is -0.174. The number of ether oxygens (including phenoxy) is 2. The summed E-state index contributed by atoms with van der Waals surface area (Å²) < 4.78 is 11.7. The van der Waals surface area contributed by atoms with Gasteiger partial charge in [-0.25, -0.2) is 0 Å². The van der Waals surface area contributed by atoms with E-state index in [0.29, 0.717) is 27.3 Å². The van der Waals surface area contributed by atoms with E-state index in [1.165, 1.54) is 11.8 Å². The molecule has 6 heteroatoms. The van der Waals surface area contributed by atoms with Crippen molar-refractivity contribution in [3.63, 3.8) is 0 Å². The molecule has 1 saturated heterocycles. The molecule has 0 unspecified atom stereocenters. The van der Waals surface area contributed by atoms with Crippen molar-refractivity contribution < 1.29 is 14.3 Å². The Hall–Kier alpha value is -2.31. The van der Waals surface area contributed by atoms with Crippen molar-refractivity contribution in [3.8, 4) is 11.5 Å². The van der Waals surface area contributed by atoms with Gasteiger partial charge in [-0.3, -0.25) is 4.79 Å². The third-order valence-electron chi connectivity index (χ3n) is 3.36. The minimum absolute atomic E-state index is 0.174. The van der Waals surface area contributed by atoms with Crippen molar-refractivity contribution in [2.24, 2.45) is 0 Å². The molecule has 2 aromatic rings. The van der Waals surface area contributed by atoms with Gasteiger partial charge in [-0.2, -0.15) is 0 Å². The van der Waals surface area contributed by atoms with Crippen molar-refractivity contribution in [2.75, 3.05) is 7.11 Å². The van der Waals surface area contributed by atoms with Crippen LogP contribution in [0.2, 0.25) is 0 Å². The van der Waals surface area contributed by atoms with Crippen molar-refractivity contribution >= 4 is 40.3 Å². The molecule has 3 rings (SSSR count). The summed E-state index contributed by atoms with van der Waals surface area (Å²) in [7, 11) is 1.60. The quantitative estimate of drug-likeness (QED) is 0.652. The Bertz CT molecular complexity index is 803. The first-order valence-corrected chi connectivity index (χ1v) is 8.48. The van der Waals surface area contributed by atoms with Gasteiger partial charge in [0.1, 0.15) is 10.9 Å². The van der Waals surface area contributed by atoms with Gasteiger partial charge in [0.15, 0.2) is 11.5 Å². The van der Waals surface area contributed by atoms with Gasteiger partial charge in [-0.05, 0) is 29.3 Å². The van der Waals surface area contributed by atoms with Crippen LogP contribution in [0.25, 0.3) is 6.08 Å². The van der Waals surface area contributed by atoms with Gasteiger partial charge >= 0.3 is 0 Å². The Kier molecular flexibility index (Phi) is 5.17. The van der Waals surface area contributed by atoms with E-state index < -0.39 is 0 Å². The molecule has 0 bridgehead atoms. The van der Waals surface area contributed by atoms with Gasteiger partial charge in [-0.15, -0.1) is 0 Å². The lowest BCUT2D eigenvalue weighted by Gasteiger charge is -2.11. The predicted molar refractivity (Wildman–Crippen MR) is 100 cm³/mol. The second-order valence-corrected chi connectivity index (χ2v) is 6.76. The summed E-state index contributed by atoms with van der Waals surface area (Å²) in [6.07, 6.45) is 1.79. The SMILES string of the molecule is COc1ccc(/C=C2\SC(=S)NC2=O)cc1OCc1ccccc1. The molecule has 24 heavy (non-hydrogen) atoms. The molecule has 0 aromatic heterocycles. The summed E-state index contributed by atoms with van der Waals surface area (Å²) in [5.74, 6) is 1.10. The van der Waals surface area contributed by atoms with E-state index in [1.54, 1.807) is 13.2 Å². The zero-order valence-electron chi connectivity index (χ0n) is 12.9. The molecule has 0 saturated carbocycles. The smallest absolute Gasteiger partial charge is 0.263 e. The Balaban J connectivity index is 1.81. The molecule has 122 valence electrons. The maximum atomic E-state index is 11.8. The molecule has 2 aromatic carbocycles. The van der Waals surface area contributed by atoms with Crippen LogP contribution in [0.1, 0.15) is 11.1 Å². The van der Waals surface area contributed by atoms with E-state index in [4.69, 9.17) is 21.7 Å². The normalized spacial score (nSPS) is 15.5. The van der Waals surface area contributed by atoms with E-state index in [1.807, 2.05) is 48.5 Å². The molecule has 1 heterocycles. The van der Waals surface area contributed by atoms with Crippen molar-refractivity contribution in [1.82, 2.24) is 5.32 Å². The minimum Gasteiger partial charge on any atom is -0.493 e. The summed E-state index contributed by atoms with van der Waals surface area (Å²) >= 11 is 6.25. The lowest BCUT2D eigenvalue weighted by atomic mass is 10.2. The Morgan fingerprint density at radius 1 is 1.17 bits per heavy atom. The van der Waals surface area contributed by atoms with E-state index >= 15 is 0 Å². The summed E-state index contributed by atoms with van der Waals surface area (Å²) in [5, 5.41) is 2.60. The zero-order chi connectivity index (χ0) is 16.9.